The first kappa shape index (κ1) is 21.8. The van der Waals surface area contributed by atoms with Gasteiger partial charge in [0.2, 0.25) is 0 Å². The quantitative estimate of drug-likeness (QED) is 0.547. The lowest BCUT2D eigenvalue weighted by Crippen LogP contribution is -2.72. The Morgan fingerprint density at radius 1 is 1.15 bits per heavy atom. The summed E-state index contributed by atoms with van der Waals surface area (Å²) in [4.78, 5) is 10.7. The van der Waals surface area contributed by atoms with Crippen LogP contribution in [0.5, 0.6) is 5.75 Å². The lowest BCUT2D eigenvalue weighted by atomic mass is 9.68. The van der Waals surface area contributed by atoms with Crippen LogP contribution in [0.25, 0.3) is 22.5 Å². The van der Waals surface area contributed by atoms with E-state index in [0.717, 1.165) is 19.3 Å². The molecule has 0 amide bonds. The van der Waals surface area contributed by atoms with Gasteiger partial charge >= 0.3 is 0 Å². The third kappa shape index (κ3) is 3.74. The number of aromatic amines is 1. The monoisotopic (exact) mass is 454 g/mol. The number of phenolic OH excluding ortho intramolecular Hbond substituents is 1. The summed E-state index contributed by atoms with van der Waals surface area (Å²) in [5.41, 5.74) is 0.575. The van der Waals surface area contributed by atoms with Crippen molar-refractivity contribution in [2.24, 2.45) is 0 Å². The number of aromatic nitrogens is 4. The van der Waals surface area contributed by atoms with Gasteiger partial charge in [0.1, 0.15) is 23.6 Å². The number of phenols is 1. The molecule has 4 heterocycles. The number of hydrogen-bond acceptors (Lipinski definition) is 6. The molecule has 3 aromatic rings. The van der Waals surface area contributed by atoms with Gasteiger partial charge in [-0.05, 0) is 57.7 Å². The predicted molar refractivity (Wildman–Crippen MR) is 122 cm³/mol. The SMILES string of the molecule is CN(c1cnc(-c2cc(F)c(-c3ccn[nH]3)cc2O)cn1)[C@H]1C[C@]2(C)CCC[C@@](C)(N2)[C@H]1F. The molecular formula is C24H28F2N6O. The minimum Gasteiger partial charge on any atom is -0.507 e. The number of halogens is 2. The lowest BCUT2D eigenvalue weighted by molar-refractivity contribution is 0.00197. The number of aromatic hydroxyl groups is 1. The first-order chi connectivity index (χ1) is 15.7. The minimum atomic E-state index is -1.05. The Morgan fingerprint density at radius 2 is 1.97 bits per heavy atom. The molecule has 2 bridgehead atoms. The van der Waals surface area contributed by atoms with Crippen LogP contribution < -0.4 is 10.2 Å². The van der Waals surface area contributed by atoms with Crippen LogP contribution in [0.15, 0.2) is 36.8 Å². The molecule has 3 N–H and O–H groups in total. The van der Waals surface area contributed by atoms with Gasteiger partial charge in [0, 0.05) is 35.4 Å². The Kier molecular flexibility index (Phi) is 5.12. The molecule has 2 saturated heterocycles. The van der Waals surface area contributed by atoms with Gasteiger partial charge in [0.05, 0.1) is 29.8 Å². The van der Waals surface area contributed by atoms with E-state index >= 15 is 4.39 Å². The van der Waals surface area contributed by atoms with Crippen molar-refractivity contribution in [2.45, 2.75) is 62.8 Å². The molecule has 2 aliphatic heterocycles. The summed E-state index contributed by atoms with van der Waals surface area (Å²) in [7, 11) is 1.84. The van der Waals surface area contributed by atoms with Crippen LogP contribution >= 0.6 is 0 Å². The van der Waals surface area contributed by atoms with Gasteiger partial charge in [0.25, 0.3) is 0 Å². The van der Waals surface area contributed by atoms with Crippen LogP contribution in [-0.4, -0.2) is 55.6 Å². The molecule has 2 fully saturated rings. The molecule has 0 radical (unpaired) electrons. The number of nitrogens with zero attached hydrogens (tertiary/aromatic N) is 4. The van der Waals surface area contributed by atoms with Crippen molar-refractivity contribution in [2.75, 3.05) is 11.9 Å². The molecular weight excluding hydrogens is 426 g/mol. The molecule has 2 aliphatic rings. The first-order valence-corrected chi connectivity index (χ1v) is 11.2. The molecule has 5 rings (SSSR count). The van der Waals surface area contributed by atoms with Crippen molar-refractivity contribution in [3.05, 3.63) is 42.6 Å². The van der Waals surface area contributed by atoms with Crippen LogP contribution in [0.4, 0.5) is 14.6 Å². The smallest absolute Gasteiger partial charge is 0.147 e. The zero-order valence-corrected chi connectivity index (χ0v) is 18.9. The molecule has 0 spiro atoms. The second-order valence-corrected chi connectivity index (χ2v) is 9.82. The fourth-order valence-electron chi connectivity index (χ4n) is 5.53. The van der Waals surface area contributed by atoms with E-state index in [1.807, 2.05) is 18.9 Å². The summed E-state index contributed by atoms with van der Waals surface area (Å²) < 4.78 is 30.3. The topological polar surface area (TPSA) is 90.0 Å². The zero-order chi connectivity index (χ0) is 23.4. The zero-order valence-electron chi connectivity index (χ0n) is 18.9. The van der Waals surface area contributed by atoms with Crippen molar-refractivity contribution >= 4 is 5.82 Å². The molecule has 9 heteroatoms. The Hall–Kier alpha value is -3.07. The van der Waals surface area contributed by atoms with Crippen LogP contribution in [-0.2, 0) is 0 Å². The van der Waals surface area contributed by atoms with Crippen molar-refractivity contribution < 1.29 is 13.9 Å². The van der Waals surface area contributed by atoms with Gasteiger partial charge in [-0.1, -0.05) is 0 Å². The summed E-state index contributed by atoms with van der Waals surface area (Å²) in [5.74, 6) is -0.0991. The van der Waals surface area contributed by atoms with E-state index in [1.165, 1.54) is 24.5 Å². The highest BCUT2D eigenvalue weighted by Gasteiger charge is 2.53. The van der Waals surface area contributed by atoms with Crippen molar-refractivity contribution in [3.63, 3.8) is 0 Å². The van der Waals surface area contributed by atoms with E-state index in [0.29, 0.717) is 23.6 Å². The molecule has 2 aromatic heterocycles. The minimum absolute atomic E-state index is 0.110. The van der Waals surface area contributed by atoms with Crippen molar-refractivity contribution in [1.82, 2.24) is 25.5 Å². The number of H-pyrrole nitrogens is 1. The molecule has 4 atom stereocenters. The normalized spacial score (nSPS) is 29.1. The summed E-state index contributed by atoms with van der Waals surface area (Å²) >= 11 is 0. The number of nitrogens with one attached hydrogen (secondary N) is 2. The summed E-state index contributed by atoms with van der Waals surface area (Å²) in [6, 6.07) is 3.85. The molecule has 0 aliphatic carbocycles. The number of piperidine rings is 2. The highest BCUT2D eigenvalue weighted by Crippen LogP contribution is 2.43. The van der Waals surface area contributed by atoms with E-state index in [9.17, 15) is 9.50 Å². The standard InChI is InChI=1S/C24H28F2N6O/c1-23-6-4-7-24(2,31-23)22(26)19(11-23)32(3)21-13-27-18(12-28-21)15-9-16(25)14(10-20(15)33)17-5-8-29-30-17/h5,8-10,12-13,19,22,31,33H,4,6-7,11H2,1-3H3,(H,29,30)/t19-,22-,23-,24+/m0/s1. The molecule has 7 nitrogen and oxygen atoms in total. The average Bonchev–Trinajstić information content (AvgIpc) is 3.32. The van der Waals surface area contributed by atoms with Gasteiger partial charge in [0.15, 0.2) is 0 Å². The maximum absolute atomic E-state index is 15.6. The van der Waals surface area contributed by atoms with Gasteiger partial charge in [-0.25, -0.2) is 13.8 Å². The van der Waals surface area contributed by atoms with Crippen LogP contribution in [0, 0.1) is 5.82 Å². The highest BCUT2D eigenvalue weighted by atomic mass is 19.1. The Morgan fingerprint density at radius 3 is 2.67 bits per heavy atom. The number of hydrogen-bond donors (Lipinski definition) is 3. The summed E-state index contributed by atoms with van der Waals surface area (Å²) in [6.07, 6.45) is 7.00. The maximum Gasteiger partial charge on any atom is 0.147 e. The Bertz CT molecular complexity index is 1150. The number of anilines is 1. The Balaban J connectivity index is 1.40. The van der Waals surface area contributed by atoms with Crippen LogP contribution in [0.1, 0.15) is 39.5 Å². The summed E-state index contributed by atoms with van der Waals surface area (Å²) in [5, 5.41) is 20.5. The number of alkyl halides is 1. The number of benzene rings is 1. The molecule has 0 unspecified atom stereocenters. The van der Waals surface area contributed by atoms with E-state index < -0.39 is 17.5 Å². The second kappa shape index (κ2) is 7.76. The van der Waals surface area contributed by atoms with Crippen molar-refractivity contribution in [1.29, 1.82) is 0 Å². The third-order valence-electron chi connectivity index (χ3n) is 7.27. The molecule has 1 aromatic carbocycles. The van der Waals surface area contributed by atoms with Crippen LogP contribution in [0.3, 0.4) is 0 Å². The van der Waals surface area contributed by atoms with Gasteiger partial charge in [-0.3, -0.25) is 10.1 Å². The third-order valence-corrected chi connectivity index (χ3v) is 7.27. The maximum atomic E-state index is 15.6. The largest absolute Gasteiger partial charge is 0.507 e. The Labute approximate surface area is 191 Å². The summed E-state index contributed by atoms with van der Waals surface area (Å²) in [6.45, 7) is 4.13. The van der Waals surface area contributed by atoms with E-state index in [-0.39, 0.29) is 28.5 Å². The van der Waals surface area contributed by atoms with Gasteiger partial charge < -0.3 is 15.3 Å². The molecule has 0 saturated carbocycles. The first-order valence-electron chi connectivity index (χ1n) is 11.2. The number of rotatable bonds is 4. The molecule has 33 heavy (non-hydrogen) atoms. The van der Waals surface area contributed by atoms with E-state index in [1.54, 1.807) is 12.3 Å². The second-order valence-electron chi connectivity index (χ2n) is 9.82. The van der Waals surface area contributed by atoms with E-state index in [2.05, 4.69) is 32.4 Å². The van der Waals surface area contributed by atoms with Gasteiger partial charge in [-0.15, -0.1) is 0 Å². The number of fused-ring (bicyclic) bond motifs is 2. The van der Waals surface area contributed by atoms with Crippen LogP contribution in [0.2, 0.25) is 0 Å². The lowest BCUT2D eigenvalue weighted by Gasteiger charge is -2.56. The van der Waals surface area contributed by atoms with Gasteiger partial charge in [-0.2, -0.15) is 5.10 Å². The highest BCUT2D eigenvalue weighted by molar-refractivity contribution is 5.73. The molecule has 174 valence electrons. The van der Waals surface area contributed by atoms with E-state index in [4.69, 9.17) is 0 Å². The average molecular weight is 455 g/mol. The predicted octanol–water partition coefficient (Wildman–Crippen LogP) is 4.22. The van der Waals surface area contributed by atoms with Crippen molar-refractivity contribution in [3.8, 4) is 28.3 Å². The fourth-order valence-corrected chi connectivity index (χ4v) is 5.53. The fraction of sp³-hybridized carbons (Fsp3) is 0.458.